The van der Waals surface area contributed by atoms with Crippen molar-refractivity contribution in [2.75, 3.05) is 25.2 Å². The van der Waals surface area contributed by atoms with Crippen molar-refractivity contribution in [1.82, 2.24) is 10.2 Å². The van der Waals surface area contributed by atoms with Crippen molar-refractivity contribution < 1.29 is 29.0 Å². The molecule has 33 heavy (non-hydrogen) atoms. The third kappa shape index (κ3) is 5.73. The number of hydrogen-bond donors (Lipinski definition) is 2. The van der Waals surface area contributed by atoms with Crippen molar-refractivity contribution >= 4 is 35.5 Å². The number of ether oxygens (including phenoxy) is 1. The summed E-state index contributed by atoms with van der Waals surface area (Å²) in [5.74, 6) is -0.396. The molecule has 2 N–H and O–H groups in total. The van der Waals surface area contributed by atoms with Crippen molar-refractivity contribution in [2.45, 2.75) is 25.8 Å². The Morgan fingerprint density at radius 1 is 1.09 bits per heavy atom. The van der Waals surface area contributed by atoms with Gasteiger partial charge in [-0.1, -0.05) is 19.1 Å². The number of hydrogen-bond acceptors (Lipinski definition) is 6. The number of amides is 3. The normalized spacial score (nSPS) is 13.6. The molecule has 2 aromatic rings. The molecule has 2 aromatic carbocycles. The molecule has 1 unspecified atom stereocenters. The molecule has 0 aliphatic carbocycles. The molecule has 1 aliphatic heterocycles. The van der Waals surface area contributed by atoms with Crippen LogP contribution in [0.3, 0.4) is 0 Å². The summed E-state index contributed by atoms with van der Waals surface area (Å²) in [5.41, 5.74) is 1.48. The van der Waals surface area contributed by atoms with Crippen molar-refractivity contribution in [3.05, 3.63) is 64.7 Å². The highest BCUT2D eigenvalue weighted by Gasteiger charge is 2.36. The van der Waals surface area contributed by atoms with E-state index in [1.807, 2.05) is 31.2 Å². The molecule has 0 spiro atoms. The lowest BCUT2D eigenvalue weighted by Gasteiger charge is -2.14. The number of thioether (sulfide) groups is 1. The van der Waals surface area contributed by atoms with E-state index in [0.717, 1.165) is 17.1 Å². The number of benzene rings is 2. The van der Waals surface area contributed by atoms with E-state index in [1.165, 1.54) is 23.1 Å². The summed E-state index contributed by atoms with van der Waals surface area (Å²) in [6, 6.07) is 10.6. The van der Waals surface area contributed by atoms with Gasteiger partial charge in [-0.3, -0.25) is 19.3 Å². The maximum Gasteiger partial charge on any atom is 0.326 e. The summed E-state index contributed by atoms with van der Waals surface area (Å²) in [7, 11) is 1.58. The minimum Gasteiger partial charge on any atom is -0.497 e. The second kappa shape index (κ2) is 11.0. The molecule has 0 saturated heterocycles. The monoisotopic (exact) mass is 470 g/mol. The molecule has 8 nitrogen and oxygen atoms in total. The van der Waals surface area contributed by atoms with Crippen LogP contribution in [0.2, 0.25) is 0 Å². The van der Waals surface area contributed by atoms with Gasteiger partial charge in [-0.25, -0.2) is 4.79 Å². The van der Waals surface area contributed by atoms with Gasteiger partial charge in [0.25, 0.3) is 17.7 Å². The third-order valence-electron chi connectivity index (χ3n) is 5.37. The van der Waals surface area contributed by atoms with E-state index in [1.54, 1.807) is 18.9 Å². The van der Waals surface area contributed by atoms with E-state index < -0.39 is 29.7 Å². The van der Waals surface area contributed by atoms with Crippen LogP contribution in [0.25, 0.3) is 0 Å². The number of carboxylic acids is 1. The maximum absolute atomic E-state index is 12.9. The molecule has 1 aliphatic rings. The lowest BCUT2D eigenvalue weighted by Crippen LogP contribution is -2.41. The molecule has 0 aromatic heterocycles. The number of nitrogens with one attached hydrogen (secondary N) is 1. The van der Waals surface area contributed by atoms with Crippen LogP contribution in [0.4, 0.5) is 0 Å². The smallest absolute Gasteiger partial charge is 0.326 e. The van der Waals surface area contributed by atoms with Gasteiger partial charge in [-0.05, 0) is 60.2 Å². The minimum atomic E-state index is -1.11. The largest absolute Gasteiger partial charge is 0.497 e. The van der Waals surface area contributed by atoms with E-state index >= 15 is 0 Å². The molecule has 9 heteroatoms. The molecule has 0 bridgehead atoms. The first-order valence-electron chi connectivity index (χ1n) is 10.6. The Morgan fingerprint density at radius 2 is 1.79 bits per heavy atom. The first kappa shape index (κ1) is 24.3. The maximum atomic E-state index is 12.9. The number of carbonyl (C=O) groups is 4. The molecule has 1 heterocycles. The van der Waals surface area contributed by atoms with Crippen LogP contribution in [0.15, 0.2) is 42.5 Å². The molecular weight excluding hydrogens is 444 g/mol. The van der Waals surface area contributed by atoms with E-state index in [-0.39, 0.29) is 23.2 Å². The zero-order valence-corrected chi connectivity index (χ0v) is 19.3. The van der Waals surface area contributed by atoms with Gasteiger partial charge < -0.3 is 15.2 Å². The number of nitrogens with zero attached hydrogens (tertiary/aromatic N) is 1. The van der Waals surface area contributed by atoms with Gasteiger partial charge >= 0.3 is 5.97 Å². The molecule has 1 atom stereocenters. The van der Waals surface area contributed by atoms with E-state index in [0.29, 0.717) is 18.6 Å². The lowest BCUT2D eigenvalue weighted by atomic mass is 10.0. The summed E-state index contributed by atoms with van der Waals surface area (Å²) < 4.78 is 5.13. The van der Waals surface area contributed by atoms with E-state index in [2.05, 4.69) is 5.32 Å². The van der Waals surface area contributed by atoms with Crippen LogP contribution in [0, 0.1) is 0 Å². The van der Waals surface area contributed by atoms with Crippen LogP contribution in [-0.2, 0) is 11.2 Å². The third-order valence-corrected chi connectivity index (χ3v) is 6.31. The number of carbonyl (C=O) groups excluding carboxylic acids is 3. The standard InChI is InChI=1S/C24H26N2O6S/c1-3-33-13-11-20(24(30)31)25-21(27)16-6-9-18-19(14-16)23(29)26(22(18)28)12-10-15-4-7-17(32-2)8-5-15/h4-9,14,20H,3,10-13H2,1-2H3,(H,25,27)(H,30,31). The Bertz CT molecular complexity index is 1050. The number of rotatable bonds is 11. The predicted octanol–water partition coefficient (Wildman–Crippen LogP) is 2.86. The Hall–Kier alpha value is -3.33. The highest BCUT2D eigenvalue weighted by Crippen LogP contribution is 2.25. The molecule has 0 saturated carbocycles. The second-order valence-electron chi connectivity index (χ2n) is 7.47. The average molecular weight is 471 g/mol. The molecule has 174 valence electrons. The van der Waals surface area contributed by atoms with Gasteiger partial charge in [0.15, 0.2) is 0 Å². The van der Waals surface area contributed by atoms with Gasteiger partial charge in [0, 0.05) is 12.1 Å². The van der Waals surface area contributed by atoms with Crippen molar-refractivity contribution in [2.24, 2.45) is 0 Å². The Morgan fingerprint density at radius 3 is 2.42 bits per heavy atom. The van der Waals surface area contributed by atoms with Gasteiger partial charge in [0.1, 0.15) is 11.8 Å². The Labute approximate surface area is 196 Å². The topological polar surface area (TPSA) is 113 Å². The van der Waals surface area contributed by atoms with Crippen LogP contribution < -0.4 is 10.1 Å². The quantitative estimate of drug-likeness (QED) is 0.383. The fraction of sp³-hybridized carbons (Fsp3) is 0.333. The number of carboxylic acid groups (broad SMARTS) is 1. The molecule has 0 fully saturated rings. The summed E-state index contributed by atoms with van der Waals surface area (Å²) in [4.78, 5) is 50.9. The molecular formula is C24H26N2O6S. The van der Waals surface area contributed by atoms with Gasteiger partial charge in [-0.15, -0.1) is 0 Å². The first-order chi connectivity index (χ1) is 15.8. The van der Waals surface area contributed by atoms with Gasteiger partial charge in [0.2, 0.25) is 0 Å². The zero-order valence-electron chi connectivity index (χ0n) is 18.5. The van der Waals surface area contributed by atoms with Crippen LogP contribution >= 0.6 is 11.8 Å². The fourth-order valence-electron chi connectivity index (χ4n) is 3.51. The Kier molecular flexibility index (Phi) is 8.11. The summed E-state index contributed by atoms with van der Waals surface area (Å²) in [6.07, 6.45) is 0.778. The van der Waals surface area contributed by atoms with Crippen molar-refractivity contribution in [3.8, 4) is 5.75 Å². The van der Waals surface area contributed by atoms with Gasteiger partial charge in [0.05, 0.1) is 18.2 Å². The second-order valence-corrected chi connectivity index (χ2v) is 8.86. The summed E-state index contributed by atoms with van der Waals surface area (Å²) in [6.45, 7) is 2.18. The lowest BCUT2D eigenvalue weighted by molar-refractivity contribution is -0.139. The number of imide groups is 1. The van der Waals surface area contributed by atoms with E-state index in [9.17, 15) is 24.3 Å². The highest BCUT2D eigenvalue weighted by molar-refractivity contribution is 7.99. The average Bonchev–Trinajstić information content (AvgIpc) is 3.06. The van der Waals surface area contributed by atoms with Crippen molar-refractivity contribution in [3.63, 3.8) is 0 Å². The predicted molar refractivity (Wildman–Crippen MR) is 125 cm³/mol. The molecule has 3 amide bonds. The summed E-state index contributed by atoms with van der Waals surface area (Å²) >= 11 is 1.59. The number of aliphatic carboxylic acids is 1. The van der Waals surface area contributed by atoms with Crippen molar-refractivity contribution in [1.29, 1.82) is 0 Å². The summed E-state index contributed by atoms with van der Waals surface area (Å²) in [5, 5.41) is 11.9. The molecule has 3 rings (SSSR count). The number of fused-ring (bicyclic) bond motifs is 1. The van der Waals surface area contributed by atoms with Crippen LogP contribution in [0.5, 0.6) is 5.75 Å². The SMILES string of the molecule is CCSCCC(NC(=O)c1ccc2c(c1)C(=O)N(CCc1ccc(OC)cc1)C2=O)C(=O)O. The zero-order chi connectivity index (χ0) is 24.0. The number of methoxy groups -OCH3 is 1. The van der Waals surface area contributed by atoms with E-state index in [4.69, 9.17) is 4.74 Å². The first-order valence-corrected chi connectivity index (χ1v) is 11.8. The minimum absolute atomic E-state index is 0.140. The highest BCUT2D eigenvalue weighted by atomic mass is 32.2. The Balaban J connectivity index is 1.68. The fourth-order valence-corrected chi connectivity index (χ4v) is 4.20. The van der Waals surface area contributed by atoms with Gasteiger partial charge in [-0.2, -0.15) is 11.8 Å². The van der Waals surface area contributed by atoms with Crippen LogP contribution in [-0.4, -0.2) is 64.9 Å². The van der Waals surface area contributed by atoms with Crippen LogP contribution in [0.1, 0.15) is 50.0 Å². The molecule has 0 radical (unpaired) electrons.